The number of hydrogen-bond acceptors (Lipinski definition) is 4. The van der Waals surface area contributed by atoms with Gasteiger partial charge in [0.2, 0.25) is 5.91 Å². The minimum atomic E-state index is -0.686. The van der Waals surface area contributed by atoms with Crippen molar-refractivity contribution < 1.29 is 19.1 Å². The Hall–Kier alpha value is -1.65. The van der Waals surface area contributed by atoms with Crippen LogP contribution in [0.5, 0.6) is 0 Å². The molecule has 1 atom stereocenters. The van der Waals surface area contributed by atoms with Crippen molar-refractivity contribution in [2.24, 2.45) is 0 Å². The van der Waals surface area contributed by atoms with E-state index in [9.17, 15) is 14.4 Å². The highest BCUT2D eigenvalue weighted by atomic mass is 16.6. The van der Waals surface area contributed by atoms with Crippen LogP contribution in [0.25, 0.3) is 0 Å². The number of nitrogens with zero attached hydrogens (tertiary/aromatic N) is 1. The van der Waals surface area contributed by atoms with E-state index in [1.54, 1.807) is 6.92 Å². The number of ketones is 1. The third-order valence-electron chi connectivity index (χ3n) is 2.37. The lowest BCUT2D eigenvalue weighted by atomic mass is 10.2. The monoisotopic (exact) mass is 255 g/mol. The Morgan fingerprint density at radius 3 is 2.44 bits per heavy atom. The van der Waals surface area contributed by atoms with Gasteiger partial charge in [0.05, 0.1) is 6.42 Å². The zero-order chi connectivity index (χ0) is 14.1. The lowest BCUT2D eigenvalue weighted by Crippen LogP contribution is -2.42. The third-order valence-corrected chi connectivity index (χ3v) is 2.37. The lowest BCUT2D eigenvalue weighted by molar-refractivity contribution is -0.159. The molecule has 0 aliphatic rings. The summed E-state index contributed by atoms with van der Waals surface area (Å²) in [5.41, 5.74) is 0. The van der Waals surface area contributed by atoms with Gasteiger partial charge in [0.25, 0.3) is 0 Å². The predicted octanol–water partition coefficient (Wildman–Crippen LogP) is 1.67. The number of amides is 1. The molecular weight excluding hydrogens is 234 g/mol. The molecule has 0 aliphatic heterocycles. The molecule has 0 saturated carbocycles. The Morgan fingerprint density at radius 1 is 1.39 bits per heavy atom. The largest absolute Gasteiger partial charge is 0.439 e. The van der Waals surface area contributed by atoms with Crippen LogP contribution in [-0.4, -0.2) is 35.3 Å². The van der Waals surface area contributed by atoms with E-state index in [1.165, 1.54) is 11.8 Å². The molecular formula is C13H21NO4. The Bertz CT molecular complexity index is 325. The molecule has 18 heavy (non-hydrogen) atoms. The van der Waals surface area contributed by atoms with Gasteiger partial charge in [-0.1, -0.05) is 19.9 Å². The summed E-state index contributed by atoms with van der Waals surface area (Å²) in [4.78, 5) is 35.3. The smallest absolute Gasteiger partial charge is 0.332 e. The SMILES string of the molecule is C=CC(=O)OC(C)N(CCCC)C(=O)CC(C)=O. The molecule has 0 aromatic rings. The van der Waals surface area contributed by atoms with Crippen molar-refractivity contribution in [3.05, 3.63) is 12.7 Å². The van der Waals surface area contributed by atoms with E-state index in [0.29, 0.717) is 6.54 Å². The van der Waals surface area contributed by atoms with Gasteiger partial charge < -0.3 is 9.64 Å². The predicted molar refractivity (Wildman–Crippen MR) is 67.7 cm³/mol. The van der Waals surface area contributed by atoms with E-state index >= 15 is 0 Å². The van der Waals surface area contributed by atoms with Gasteiger partial charge in [-0.25, -0.2) is 4.79 Å². The molecule has 1 amide bonds. The van der Waals surface area contributed by atoms with Crippen molar-refractivity contribution in [2.75, 3.05) is 6.54 Å². The van der Waals surface area contributed by atoms with Crippen LogP contribution in [0.1, 0.15) is 40.0 Å². The van der Waals surface area contributed by atoms with E-state index in [-0.39, 0.29) is 18.1 Å². The number of rotatable bonds is 8. The molecule has 5 nitrogen and oxygen atoms in total. The summed E-state index contributed by atoms with van der Waals surface area (Å²) >= 11 is 0. The second-order valence-corrected chi connectivity index (χ2v) is 4.06. The summed E-state index contributed by atoms with van der Waals surface area (Å²) in [6, 6.07) is 0. The molecule has 0 spiro atoms. The molecule has 0 bridgehead atoms. The number of esters is 1. The van der Waals surface area contributed by atoms with Crippen molar-refractivity contribution >= 4 is 17.7 Å². The minimum Gasteiger partial charge on any atom is -0.439 e. The van der Waals surface area contributed by atoms with Crippen LogP contribution in [-0.2, 0) is 19.1 Å². The third kappa shape index (κ3) is 6.18. The van der Waals surface area contributed by atoms with E-state index < -0.39 is 12.2 Å². The molecule has 0 fully saturated rings. The topological polar surface area (TPSA) is 63.7 Å². The normalized spacial score (nSPS) is 11.5. The molecule has 102 valence electrons. The van der Waals surface area contributed by atoms with Crippen LogP contribution in [0.4, 0.5) is 0 Å². The average molecular weight is 255 g/mol. The molecule has 0 aromatic heterocycles. The van der Waals surface area contributed by atoms with E-state index in [2.05, 4.69) is 6.58 Å². The van der Waals surface area contributed by atoms with Gasteiger partial charge >= 0.3 is 5.97 Å². The Balaban J connectivity index is 4.63. The van der Waals surface area contributed by atoms with Crippen LogP contribution in [0.2, 0.25) is 0 Å². The molecule has 0 saturated heterocycles. The molecule has 0 heterocycles. The fraction of sp³-hybridized carbons (Fsp3) is 0.615. The quantitative estimate of drug-likeness (QED) is 0.286. The summed E-state index contributed by atoms with van der Waals surface area (Å²) in [5.74, 6) is -1.11. The van der Waals surface area contributed by atoms with Crippen LogP contribution in [0.15, 0.2) is 12.7 Å². The molecule has 1 unspecified atom stereocenters. The highest BCUT2D eigenvalue weighted by molar-refractivity contribution is 5.97. The zero-order valence-corrected chi connectivity index (χ0v) is 11.3. The van der Waals surface area contributed by atoms with E-state index in [0.717, 1.165) is 18.9 Å². The summed E-state index contributed by atoms with van der Waals surface area (Å²) in [6.45, 7) is 8.72. The van der Waals surface area contributed by atoms with Gasteiger partial charge in [0.15, 0.2) is 6.23 Å². The Morgan fingerprint density at radius 2 is 2.00 bits per heavy atom. The maximum absolute atomic E-state index is 11.9. The summed E-state index contributed by atoms with van der Waals surface area (Å²) in [5, 5.41) is 0. The van der Waals surface area contributed by atoms with Gasteiger partial charge in [-0.15, -0.1) is 0 Å². The first-order valence-electron chi connectivity index (χ1n) is 6.04. The van der Waals surface area contributed by atoms with E-state index in [4.69, 9.17) is 4.74 Å². The molecule has 0 aliphatic carbocycles. The molecule has 0 rings (SSSR count). The van der Waals surface area contributed by atoms with Gasteiger partial charge in [0, 0.05) is 12.6 Å². The van der Waals surface area contributed by atoms with Crippen molar-refractivity contribution in [3.8, 4) is 0 Å². The highest BCUT2D eigenvalue weighted by Crippen LogP contribution is 2.07. The van der Waals surface area contributed by atoms with E-state index in [1.807, 2.05) is 6.92 Å². The van der Waals surface area contributed by atoms with Crippen molar-refractivity contribution in [2.45, 2.75) is 46.3 Å². The average Bonchev–Trinajstić information content (AvgIpc) is 2.28. The van der Waals surface area contributed by atoms with Crippen LogP contribution in [0, 0.1) is 0 Å². The first-order valence-corrected chi connectivity index (χ1v) is 6.04. The fourth-order valence-electron chi connectivity index (χ4n) is 1.43. The summed E-state index contributed by atoms with van der Waals surface area (Å²) < 4.78 is 5.00. The summed E-state index contributed by atoms with van der Waals surface area (Å²) in [6.07, 6.45) is 1.89. The first-order chi connectivity index (χ1) is 8.42. The maximum Gasteiger partial charge on any atom is 0.332 e. The molecule has 5 heteroatoms. The first kappa shape index (κ1) is 16.4. The van der Waals surface area contributed by atoms with Gasteiger partial charge in [-0.2, -0.15) is 0 Å². The molecule has 0 N–H and O–H groups in total. The van der Waals surface area contributed by atoms with Gasteiger partial charge in [-0.05, 0) is 20.3 Å². The Kier molecular flexibility index (Phi) is 7.67. The standard InChI is InChI=1S/C13H21NO4/c1-5-7-8-14(12(16)9-10(3)15)11(4)18-13(17)6-2/h6,11H,2,5,7-9H2,1,3-4H3. The highest BCUT2D eigenvalue weighted by Gasteiger charge is 2.22. The number of ether oxygens (including phenoxy) is 1. The minimum absolute atomic E-state index is 0.167. The van der Waals surface area contributed by atoms with Gasteiger partial charge in [0.1, 0.15) is 5.78 Å². The van der Waals surface area contributed by atoms with Crippen molar-refractivity contribution in [3.63, 3.8) is 0 Å². The second kappa shape index (κ2) is 8.44. The van der Waals surface area contributed by atoms with Gasteiger partial charge in [-0.3, -0.25) is 9.59 Å². The van der Waals surface area contributed by atoms with Crippen LogP contribution >= 0.6 is 0 Å². The maximum atomic E-state index is 11.9. The number of hydrogen-bond donors (Lipinski definition) is 0. The Labute approximate surface area is 108 Å². The summed E-state index contributed by atoms with van der Waals surface area (Å²) in [7, 11) is 0. The van der Waals surface area contributed by atoms with Crippen molar-refractivity contribution in [1.82, 2.24) is 4.90 Å². The zero-order valence-electron chi connectivity index (χ0n) is 11.3. The number of Topliss-reactive ketones (excluding diaryl/α,β-unsaturated/α-hetero) is 1. The second-order valence-electron chi connectivity index (χ2n) is 4.06. The number of carbonyl (C=O) groups excluding carboxylic acids is 3. The van der Waals surface area contributed by atoms with Crippen molar-refractivity contribution in [1.29, 1.82) is 0 Å². The van der Waals surface area contributed by atoms with Crippen LogP contribution < -0.4 is 0 Å². The number of carbonyl (C=O) groups is 3. The number of unbranched alkanes of at least 4 members (excludes halogenated alkanes) is 1. The van der Waals surface area contributed by atoms with Crippen LogP contribution in [0.3, 0.4) is 0 Å². The molecule has 0 radical (unpaired) electrons. The lowest BCUT2D eigenvalue weighted by Gasteiger charge is -2.28. The fourth-order valence-corrected chi connectivity index (χ4v) is 1.43. The molecule has 0 aromatic carbocycles.